The quantitative estimate of drug-likeness (QED) is 0.334. The number of nitrogens with zero attached hydrogens (tertiary/aromatic N) is 1. The Morgan fingerprint density at radius 1 is 0.900 bits per heavy atom. The summed E-state index contributed by atoms with van der Waals surface area (Å²) in [5.74, 6) is -1.43. The van der Waals surface area contributed by atoms with E-state index in [9.17, 15) is 14.0 Å². The second-order valence-electron chi connectivity index (χ2n) is 6.85. The van der Waals surface area contributed by atoms with Crippen LogP contribution in [0.4, 0.5) is 4.39 Å². The van der Waals surface area contributed by atoms with E-state index < -0.39 is 24.2 Å². The summed E-state index contributed by atoms with van der Waals surface area (Å²) in [4.78, 5) is 30.0. The molecule has 148 valence electrons. The zero-order chi connectivity index (χ0) is 21.1. The van der Waals surface area contributed by atoms with Gasteiger partial charge in [-0.15, -0.1) is 0 Å². The number of ether oxygens (including phenoxy) is 1. The first-order chi connectivity index (χ1) is 14.5. The number of rotatable bonds is 5. The van der Waals surface area contributed by atoms with Gasteiger partial charge in [0.1, 0.15) is 5.82 Å². The largest absolute Gasteiger partial charge is 0.454 e. The number of hydrogen-bond acceptors (Lipinski definition) is 4. The van der Waals surface area contributed by atoms with Gasteiger partial charge in [-0.05, 0) is 42.8 Å². The van der Waals surface area contributed by atoms with Gasteiger partial charge in [0.2, 0.25) is 0 Å². The van der Waals surface area contributed by atoms with Gasteiger partial charge in [0.25, 0.3) is 0 Å². The molecule has 0 amide bonds. The number of carbonyl (C=O) groups excluding carboxylic acids is 2. The summed E-state index contributed by atoms with van der Waals surface area (Å²) >= 11 is 0. The summed E-state index contributed by atoms with van der Waals surface area (Å²) in [6, 6.07) is 22.0. The number of benzene rings is 3. The molecule has 0 aliphatic heterocycles. The average Bonchev–Trinajstić information content (AvgIpc) is 2.78. The summed E-state index contributed by atoms with van der Waals surface area (Å²) in [6.45, 7) is 1.39. The number of ketones is 1. The molecule has 0 atom stereocenters. The number of hydrogen-bond donors (Lipinski definition) is 0. The molecule has 1 aromatic heterocycles. The number of pyridine rings is 1. The third kappa shape index (κ3) is 3.82. The summed E-state index contributed by atoms with van der Waals surface area (Å²) in [5.41, 5.74) is 3.58. The van der Waals surface area contributed by atoms with Gasteiger partial charge in [-0.3, -0.25) is 4.79 Å². The van der Waals surface area contributed by atoms with Crippen LogP contribution in [0.15, 0.2) is 78.9 Å². The van der Waals surface area contributed by atoms with Crippen molar-refractivity contribution in [3.63, 3.8) is 0 Å². The molecular weight excluding hydrogens is 381 g/mol. The lowest BCUT2D eigenvalue weighted by atomic mass is 9.98. The average molecular weight is 399 g/mol. The molecule has 30 heavy (non-hydrogen) atoms. The Hall–Kier alpha value is -3.86. The maximum Gasteiger partial charge on any atom is 0.339 e. The Bertz CT molecular complexity index is 1230. The fraction of sp³-hybridized carbons (Fsp3) is 0.0800. The Labute approximate surface area is 173 Å². The van der Waals surface area contributed by atoms with E-state index in [1.807, 2.05) is 61.5 Å². The number of halogens is 1. The smallest absolute Gasteiger partial charge is 0.339 e. The first kappa shape index (κ1) is 19.5. The summed E-state index contributed by atoms with van der Waals surface area (Å²) in [5, 5.41) is 0.661. The van der Waals surface area contributed by atoms with Gasteiger partial charge < -0.3 is 4.74 Å². The van der Waals surface area contributed by atoms with Gasteiger partial charge in [0.05, 0.1) is 16.8 Å². The third-order valence-corrected chi connectivity index (χ3v) is 4.89. The number of para-hydroxylation sites is 1. The van der Waals surface area contributed by atoms with Crippen LogP contribution in [-0.4, -0.2) is 23.3 Å². The normalized spacial score (nSPS) is 10.7. The van der Waals surface area contributed by atoms with Crippen LogP contribution < -0.4 is 0 Å². The van der Waals surface area contributed by atoms with Crippen molar-refractivity contribution >= 4 is 22.7 Å². The van der Waals surface area contributed by atoms with Gasteiger partial charge in [-0.1, -0.05) is 48.5 Å². The first-order valence-corrected chi connectivity index (χ1v) is 9.45. The van der Waals surface area contributed by atoms with Gasteiger partial charge in [0.15, 0.2) is 12.4 Å². The van der Waals surface area contributed by atoms with E-state index in [0.29, 0.717) is 27.7 Å². The molecule has 0 bridgehead atoms. The summed E-state index contributed by atoms with van der Waals surface area (Å²) < 4.78 is 18.4. The van der Waals surface area contributed by atoms with Crippen LogP contribution in [0.3, 0.4) is 0 Å². The van der Waals surface area contributed by atoms with E-state index in [-0.39, 0.29) is 5.56 Å². The van der Waals surface area contributed by atoms with E-state index in [1.165, 1.54) is 24.3 Å². The Balaban J connectivity index is 1.68. The highest BCUT2D eigenvalue weighted by Crippen LogP contribution is 2.30. The highest BCUT2D eigenvalue weighted by molar-refractivity contribution is 6.07. The van der Waals surface area contributed by atoms with Crippen molar-refractivity contribution < 1.29 is 18.7 Å². The molecule has 0 fully saturated rings. The van der Waals surface area contributed by atoms with E-state index in [2.05, 4.69) is 0 Å². The lowest BCUT2D eigenvalue weighted by molar-refractivity contribution is 0.0476. The van der Waals surface area contributed by atoms with Crippen molar-refractivity contribution in [3.8, 4) is 11.3 Å². The zero-order valence-corrected chi connectivity index (χ0v) is 16.3. The van der Waals surface area contributed by atoms with Crippen molar-refractivity contribution in [2.45, 2.75) is 6.92 Å². The third-order valence-electron chi connectivity index (χ3n) is 4.89. The minimum absolute atomic E-state index is 0.283. The van der Waals surface area contributed by atoms with Crippen LogP contribution in [-0.2, 0) is 4.74 Å². The van der Waals surface area contributed by atoms with E-state index in [4.69, 9.17) is 9.72 Å². The SMILES string of the molecule is Cc1c(-c2ccccc2)nc2ccccc2c1C(=O)OCC(=O)c1ccc(F)cc1. The van der Waals surface area contributed by atoms with Gasteiger partial charge in [-0.2, -0.15) is 0 Å². The number of Topliss-reactive ketones (excluding diaryl/α,β-unsaturated/α-hetero) is 1. The standard InChI is InChI=1S/C25H18FNO3/c1-16-23(25(29)30-15-22(28)17-11-13-19(26)14-12-17)20-9-5-6-10-21(20)27-24(16)18-7-3-2-4-8-18/h2-14H,15H2,1H3. The molecule has 4 rings (SSSR count). The zero-order valence-electron chi connectivity index (χ0n) is 16.3. The maximum absolute atomic E-state index is 13.1. The number of esters is 1. The molecule has 0 radical (unpaired) electrons. The fourth-order valence-electron chi connectivity index (χ4n) is 3.37. The van der Waals surface area contributed by atoms with Gasteiger partial charge in [0, 0.05) is 16.5 Å². The molecule has 1 heterocycles. The second-order valence-corrected chi connectivity index (χ2v) is 6.85. The second kappa shape index (κ2) is 8.25. The molecule has 0 unspecified atom stereocenters. The number of fused-ring (bicyclic) bond motifs is 1. The predicted molar refractivity (Wildman–Crippen MR) is 113 cm³/mol. The minimum atomic E-state index is -0.598. The predicted octanol–water partition coefficient (Wildman–Crippen LogP) is 5.39. The van der Waals surface area contributed by atoms with E-state index >= 15 is 0 Å². The van der Waals surface area contributed by atoms with Gasteiger partial charge >= 0.3 is 5.97 Å². The highest BCUT2D eigenvalue weighted by Gasteiger charge is 2.21. The van der Waals surface area contributed by atoms with E-state index in [0.717, 1.165) is 5.56 Å². The Morgan fingerprint density at radius 2 is 1.57 bits per heavy atom. The molecule has 0 N–H and O–H groups in total. The topological polar surface area (TPSA) is 56.3 Å². The van der Waals surface area contributed by atoms with Crippen molar-refractivity contribution in [3.05, 3.63) is 101 Å². The van der Waals surface area contributed by atoms with Crippen molar-refractivity contribution in [1.82, 2.24) is 4.98 Å². The van der Waals surface area contributed by atoms with Crippen LogP contribution in [0.2, 0.25) is 0 Å². The van der Waals surface area contributed by atoms with Crippen molar-refractivity contribution in [1.29, 1.82) is 0 Å². The lowest BCUT2D eigenvalue weighted by Gasteiger charge is -2.14. The molecular formula is C25H18FNO3. The summed E-state index contributed by atoms with van der Waals surface area (Å²) in [6.07, 6.45) is 0. The molecule has 5 heteroatoms. The molecule has 3 aromatic carbocycles. The molecule has 0 saturated carbocycles. The number of aromatic nitrogens is 1. The van der Waals surface area contributed by atoms with Gasteiger partial charge in [-0.25, -0.2) is 14.2 Å². The summed E-state index contributed by atoms with van der Waals surface area (Å²) in [7, 11) is 0. The monoisotopic (exact) mass is 399 g/mol. The molecule has 0 spiro atoms. The Morgan fingerprint density at radius 3 is 2.30 bits per heavy atom. The van der Waals surface area contributed by atoms with E-state index in [1.54, 1.807) is 0 Å². The molecule has 0 aliphatic carbocycles. The highest BCUT2D eigenvalue weighted by atomic mass is 19.1. The fourth-order valence-corrected chi connectivity index (χ4v) is 3.37. The molecule has 0 aliphatic rings. The first-order valence-electron chi connectivity index (χ1n) is 9.45. The van der Waals surface area contributed by atoms with Crippen LogP contribution >= 0.6 is 0 Å². The minimum Gasteiger partial charge on any atom is -0.454 e. The maximum atomic E-state index is 13.1. The van der Waals surface area contributed by atoms with Crippen molar-refractivity contribution in [2.75, 3.05) is 6.61 Å². The molecule has 0 saturated heterocycles. The van der Waals surface area contributed by atoms with Crippen LogP contribution in [0, 0.1) is 12.7 Å². The lowest BCUT2D eigenvalue weighted by Crippen LogP contribution is -2.16. The van der Waals surface area contributed by atoms with Crippen molar-refractivity contribution in [2.24, 2.45) is 0 Å². The Kier molecular flexibility index (Phi) is 5.35. The van der Waals surface area contributed by atoms with Crippen LogP contribution in [0.5, 0.6) is 0 Å². The molecule has 4 nitrogen and oxygen atoms in total. The van der Waals surface area contributed by atoms with Crippen LogP contribution in [0.1, 0.15) is 26.3 Å². The number of carbonyl (C=O) groups is 2. The molecule has 4 aromatic rings. The van der Waals surface area contributed by atoms with Crippen LogP contribution in [0.25, 0.3) is 22.2 Å².